The number of rotatable bonds is 10. The van der Waals surface area contributed by atoms with Crippen LogP contribution in [0.2, 0.25) is 0 Å². The molecular formula is C27H33F2N3O3. The molecule has 6 nitrogen and oxygen atoms in total. The third-order valence-corrected chi connectivity index (χ3v) is 5.47. The van der Waals surface area contributed by atoms with Gasteiger partial charge in [-0.05, 0) is 53.1 Å². The number of benzene rings is 2. The average molecular weight is 486 g/mol. The Morgan fingerprint density at radius 2 is 1.83 bits per heavy atom. The Bertz CT molecular complexity index is 1110. The molecule has 0 saturated heterocycles. The van der Waals surface area contributed by atoms with Gasteiger partial charge in [0.1, 0.15) is 17.9 Å². The van der Waals surface area contributed by atoms with Gasteiger partial charge in [-0.25, -0.2) is 13.8 Å². The van der Waals surface area contributed by atoms with Crippen LogP contribution in [0, 0.1) is 17.0 Å². The molecule has 2 aromatic carbocycles. The van der Waals surface area contributed by atoms with Gasteiger partial charge in [-0.2, -0.15) is 0 Å². The van der Waals surface area contributed by atoms with Crippen molar-refractivity contribution in [2.45, 2.75) is 59.2 Å². The van der Waals surface area contributed by atoms with E-state index in [1.807, 2.05) is 6.07 Å². The number of aliphatic hydroxyl groups is 1. The van der Waals surface area contributed by atoms with Crippen LogP contribution in [-0.2, 0) is 24.2 Å². The summed E-state index contributed by atoms with van der Waals surface area (Å²) >= 11 is 0. The molecule has 3 N–H and O–H groups in total. The van der Waals surface area contributed by atoms with Crippen LogP contribution in [0.3, 0.4) is 0 Å². The van der Waals surface area contributed by atoms with Gasteiger partial charge in [0, 0.05) is 31.6 Å². The van der Waals surface area contributed by atoms with E-state index in [1.165, 1.54) is 30.9 Å². The Kier molecular flexibility index (Phi) is 8.75. The molecular weight excluding hydrogens is 452 g/mol. The first-order valence-corrected chi connectivity index (χ1v) is 11.6. The summed E-state index contributed by atoms with van der Waals surface area (Å²) in [4.78, 5) is 16.0. The second-order valence-corrected chi connectivity index (χ2v) is 10.1. The van der Waals surface area contributed by atoms with Crippen molar-refractivity contribution in [3.05, 3.63) is 77.2 Å². The highest BCUT2D eigenvalue weighted by atomic mass is 19.1. The van der Waals surface area contributed by atoms with Crippen molar-refractivity contribution in [2.24, 2.45) is 5.41 Å². The average Bonchev–Trinajstić information content (AvgIpc) is 3.26. The molecule has 0 radical (unpaired) electrons. The molecule has 1 aromatic heterocycles. The zero-order chi connectivity index (χ0) is 25.6. The molecule has 0 unspecified atom stereocenters. The maximum atomic E-state index is 13.6. The third kappa shape index (κ3) is 8.26. The topological polar surface area (TPSA) is 87.4 Å². The van der Waals surface area contributed by atoms with E-state index >= 15 is 0 Å². The maximum absolute atomic E-state index is 13.6. The van der Waals surface area contributed by atoms with E-state index in [0.29, 0.717) is 18.0 Å². The molecule has 8 heteroatoms. The molecule has 188 valence electrons. The fourth-order valence-electron chi connectivity index (χ4n) is 4.10. The van der Waals surface area contributed by atoms with Crippen LogP contribution in [0.1, 0.15) is 44.4 Å². The van der Waals surface area contributed by atoms with Crippen LogP contribution in [0.5, 0.6) is 0 Å². The normalized spacial score (nSPS) is 13.5. The van der Waals surface area contributed by atoms with Crippen LogP contribution >= 0.6 is 0 Å². The second-order valence-electron chi connectivity index (χ2n) is 10.1. The van der Waals surface area contributed by atoms with Crippen molar-refractivity contribution in [1.29, 1.82) is 0 Å². The first-order chi connectivity index (χ1) is 16.5. The summed E-state index contributed by atoms with van der Waals surface area (Å²) in [5, 5.41) is 16.7. The fraction of sp³-hybridized carbons (Fsp3) is 0.407. The number of aromatic nitrogens is 1. The molecule has 0 fully saturated rings. The molecule has 0 bridgehead atoms. The fourth-order valence-corrected chi connectivity index (χ4v) is 4.10. The molecule has 1 amide bonds. The van der Waals surface area contributed by atoms with Crippen molar-refractivity contribution < 1.29 is 23.1 Å². The standard InChI is InChI=1S/C27H33F2N3O3/c1-17(33)32-24(12-19-10-21(28)13-22(29)11-19)25(34)16-30-15-20-9-18(14-27(2,3)4)5-6-23(20)26-31-7-8-35-26/h5-11,13,24-25,30,34H,12,14-16H2,1-4H3,(H,32,33)/t24-,25+/m0/s1. The highest BCUT2D eigenvalue weighted by Gasteiger charge is 2.22. The lowest BCUT2D eigenvalue weighted by Gasteiger charge is -2.24. The molecule has 0 spiro atoms. The summed E-state index contributed by atoms with van der Waals surface area (Å²) < 4.78 is 32.7. The summed E-state index contributed by atoms with van der Waals surface area (Å²) in [5.41, 5.74) is 3.46. The number of hydrogen-bond donors (Lipinski definition) is 3. The summed E-state index contributed by atoms with van der Waals surface area (Å²) in [5.74, 6) is -1.24. The van der Waals surface area contributed by atoms with E-state index in [9.17, 15) is 18.7 Å². The lowest BCUT2D eigenvalue weighted by molar-refractivity contribution is -0.120. The molecule has 1 heterocycles. The summed E-state index contributed by atoms with van der Waals surface area (Å²) in [6.07, 6.45) is 3.09. The van der Waals surface area contributed by atoms with E-state index in [1.54, 1.807) is 6.20 Å². The van der Waals surface area contributed by atoms with Gasteiger partial charge < -0.3 is 20.2 Å². The van der Waals surface area contributed by atoms with Crippen LogP contribution in [0.15, 0.2) is 53.3 Å². The number of hydrogen-bond acceptors (Lipinski definition) is 5. The van der Waals surface area contributed by atoms with Gasteiger partial charge in [0.15, 0.2) is 0 Å². The zero-order valence-electron chi connectivity index (χ0n) is 20.6. The van der Waals surface area contributed by atoms with Crippen molar-refractivity contribution in [2.75, 3.05) is 6.54 Å². The molecule has 35 heavy (non-hydrogen) atoms. The lowest BCUT2D eigenvalue weighted by atomic mass is 9.87. The zero-order valence-corrected chi connectivity index (χ0v) is 20.6. The third-order valence-electron chi connectivity index (χ3n) is 5.47. The number of carbonyl (C=O) groups excluding carboxylic acids is 1. The summed E-state index contributed by atoms with van der Waals surface area (Å²) in [7, 11) is 0. The Hall–Kier alpha value is -3.10. The van der Waals surface area contributed by atoms with Gasteiger partial charge in [-0.15, -0.1) is 0 Å². The molecule has 0 saturated carbocycles. The molecule has 0 aliphatic heterocycles. The van der Waals surface area contributed by atoms with Crippen molar-refractivity contribution in [3.8, 4) is 11.5 Å². The monoisotopic (exact) mass is 485 g/mol. The Labute approximate surface area is 204 Å². The molecule has 2 atom stereocenters. The quantitative estimate of drug-likeness (QED) is 0.396. The van der Waals surface area contributed by atoms with Crippen LogP contribution in [0.25, 0.3) is 11.5 Å². The maximum Gasteiger partial charge on any atom is 0.226 e. The molecule has 3 rings (SSSR count). The van der Waals surface area contributed by atoms with E-state index < -0.39 is 23.8 Å². The van der Waals surface area contributed by atoms with Crippen LogP contribution in [0.4, 0.5) is 8.78 Å². The highest BCUT2D eigenvalue weighted by molar-refractivity contribution is 5.73. The van der Waals surface area contributed by atoms with Crippen molar-refractivity contribution in [1.82, 2.24) is 15.6 Å². The first-order valence-electron chi connectivity index (χ1n) is 11.6. The predicted octanol–water partition coefficient (Wildman–Crippen LogP) is 4.41. The molecule has 3 aromatic rings. The number of oxazole rings is 1. The second kappa shape index (κ2) is 11.6. The van der Waals surface area contributed by atoms with Gasteiger partial charge in [0.2, 0.25) is 11.8 Å². The van der Waals surface area contributed by atoms with E-state index in [0.717, 1.165) is 23.6 Å². The van der Waals surface area contributed by atoms with E-state index in [-0.39, 0.29) is 24.3 Å². The lowest BCUT2D eigenvalue weighted by Crippen LogP contribution is -2.48. The number of aliphatic hydroxyl groups excluding tert-OH is 1. The van der Waals surface area contributed by atoms with Crippen LogP contribution in [-0.4, -0.2) is 34.7 Å². The predicted molar refractivity (Wildman–Crippen MR) is 130 cm³/mol. The Morgan fingerprint density at radius 3 is 2.43 bits per heavy atom. The minimum atomic E-state index is -0.992. The molecule has 0 aliphatic carbocycles. The minimum absolute atomic E-state index is 0.0831. The first kappa shape index (κ1) is 26.5. The van der Waals surface area contributed by atoms with Crippen LogP contribution < -0.4 is 10.6 Å². The van der Waals surface area contributed by atoms with Gasteiger partial charge >= 0.3 is 0 Å². The number of carbonyl (C=O) groups is 1. The van der Waals surface area contributed by atoms with Gasteiger partial charge in [0.25, 0.3) is 0 Å². The molecule has 0 aliphatic rings. The Balaban J connectivity index is 1.72. The van der Waals surface area contributed by atoms with Gasteiger partial charge in [0.05, 0.1) is 18.3 Å². The summed E-state index contributed by atoms with van der Waals surface area (Å²) in [6.45, 7) is 8.44. The number of nitrogens with one attached hydrogen (secondary N) is 2. The van der Waals surface area contributed by atoms with E-state index in [4.69, 9.17) is 4.42 Å². The number of halogens is 2. The van der Waals surface area contributed by atoms with E-state index in [2.05, 4.69) is 48.5 Å². The minimum Gasteiger partial charge on any atom is -0.445 e. The number of nitrogens with zero attached hydrogens (tertiary/aromatic N) is 1. The van der Waals surface area contributed by atoms with Crippen molar-refractivity contribution in [3.63, 3.8) is 0 Å². The number of amides is 1. The SMILES string of the molecule is CC(=O)N[C@@H](Cc1cc(F)cc(F)c1)[C@H](O)CNCc1cc(CC(C)(C)C)ccc1-c1ncco1. The highest BCUT2D eigenvalue weighted by Crippen LogP contribution is 2.27. The largest absolute Gasteiger partial charge is 0.445 e. The smallest absolute Gasteiger partial charge is 0.226 e. The van der Waals surface area contributed by atoms with Crippen molar-refractivity contribution >= 4 is 5.91 Å². The van der Waals surface area contributed by atoms with Gasteiger partial charge in [-0.1, -0.05) is 32.9 Å². The van der Waals surface area contributed by atoms with Gasteiger partial charge in [-0.3, -0.25) is 4.79 Å². The summed E-state index contributed by atoms with van der Waals surface area (Å²) in [6, 6.07) is 8.61. The Morgan fingerprint density at radius 1 is 1.11 bits per heavy atom.